The molecule has 1 atom stereocenters. The number of carbonyl (C=O) groups excluding carboxylic acids is 1. The molecule has 0 amide bonds. The van der Waals surface area contributed by atoms with Gasteiger partial charge in [0.15, 0.2) is 5.82 Å². The van der Waals surface area contributed by atoms with Crippen LogP contribution < -0.4 is 10.6 Å². The summed E-state index contributed by atoms with van der Waals surface area (Å²) in [5, 5.41) is 7.93. The standard InChI is InChI=1S/C12H16N4O2S/c1-2-18-12(17)9-4-3-7-16(9)11-8(10(13)19)5-6-14-15-11/h5-6,9H,2-4,7H2,1H3,(H2,13,19). The van der Waals surface area contributed by atoms with Crippen molar-refractivity contribution < 1.29 is 9.53 Å². The first kappa shape index (κ1) is 13.7. The molecule has 0 bridgehead atoms. The Labute approximate surface area is 116 Å². The number of ether oxygens (including phenoxy) is 1. The van der Waals surface area contributed by atoms with E-state index in [-0.39, 0.29) is 17.0 Å². The second kappa shape index (κ2) is 5.92. The molecule has 1 aliphatic heterocycles. The molecule has 19 heavy (non-hydrogen) atoms. The first-order chi connectivity index (χ1) is 9.15. The Morgan fingerprint density at radius 2 is 2.47 bits per heavy atom. The van der Waals surface area contributed by atoms with Crippen LogP contribution in [0.1, 0.15) is 25.3 Å². The topological polar surface area (TPSA) is 81.3 Å². The summed E-state index contributed by atoms with van der Waals surface area (Å²) in [6, 6.07) is 1.38. The average Bonchev–Trinajstić information content (AvgIpc) is 2.88. The molecular formula is C12H16N4O2S. The highest BCUT2D eigenvalue weighted by Crippen LogP contribution is 2.27. The molecule has 1 aromatic heterocycles. The van der Waals surface area contributed by atoms with Gasteiger partial charge in [-0.05, 0) is 25.8 Å². The Morgan fingerprint density at radius 3 is 3.16 bits per heavy atom. The molecule has 2 rings (SSSR count). The van der Waals surface area contributed by atoms with Gasteiger partial charge in [0.1, 0.15) is 11.0 Å². The maximum atomic E-state index is 11.9. The monoisotopic (exact) mass is 280 g/mol. The van der Waals surface area contributed by atoms with Crippen LogP contribution in [0, 0.1) is 0 Å². The minimum absolute atomic E-state index is 0.237. The third-order valence-electron chi connectivity index (χ3n) is 3.05. The highest BCUT2D eigenvalue weighted by molar-refractivity contribution is 7.80. The van der Waals surface area contributed by atoms with Gasteiger partial charge in [0.25, 0.3) is 0 Å². The van der Waals surface area contributed by atoms with Crippen LogP contribution in [-0.4, -0.2) is 40.3 Å². The lowest BCUT2D eigenvalue weighted by Crippen LogP contribution is -2.39. The predicted octanol–water partition coefficient (Wildman–Crippen LogP) is 0.643. The number of hydrogen-bond donors (Lipinski definition) is 1. The fraction of sp³-hybridized carbons (Fsp3) is 0.500. The van der Waals surface area contributed by atoms with E-state index in [4.69, 9.17) is 22.7 Å². The van der Waals surface area contributed by atoms with E-state index >= 15 is 0 Å². The van der Waals surface area contributed by atoms with Crippen LogP contribution in [0.15, 0.2) is 12.3 Å². The minimum atomic E-state index is -0.329. The first-order valence-corrected chi connectivity index (χ1v) is 6.60. The Morgan fingerprint density at radius 1 is 1.68 bits per heavy atom. The third-order valence-corrected chi connectivity index (χ3v) is 3.27. The molecule has 1 aromatic rings. The Bertz CT molecular complexity index is 494. The van der Waals surface area contributed by atoms with Crippen molar-refractivity contribution in [1.29, 1.82) is 0 Å². The molecule has 1 saturated heterocycles. The largest absolute Gasteiger partial charge is 0.464 e. The number of rotatable bonds is 4. The highest BCUT2D eigenvalue weighted by Gasteiger charge is 2.34. The zero-order valence-corrected chi connectivity index (χ0v) is 11.5. The Hall–Kier alpha value is -1.76. The molecule has 0 aromatic carbocycles. The van der Waals surface area contributed by atoms with Gasteiger partial charge < -0.3 is 15.4 Å². The average molecular weight is 280 g/mol. The molecule has 0 spiro atoms. The minimum Gasteiger partial charge on any atom is -0.464 e. The van der Waals surface area contributed by atoms with Crippen LogP contribution in [-0.2, 0) is 9.53 Å². The van der Waals surface area contributed by atoms with Crippen LogP contribution >= 0.6 is 12.2 Å². The van der Waals surface area contributed by atoms with Crippen molar-refractivity contribution in [2.24, 2.45) is 5.73 Å². The molecule has 0 saturated carbocycles. The number of nitrogens with two attached hydrogens (primary N) is 1. The van der Waals surface area contributed by atoms with Crippen LogP contribution in [0.2, 0.25) is 0 Å². The molecule has 1 aliphatic rings. The normalized spacial score (nSPS) is 18.4. The zero-order valence-electron chi connectivity index (χ0n) is 10.7. The van der Waals surface area contributed by atoms with Gasteiger partial charge in [-0.2, -0.15) is 5.10 Å². The van der Waals surface area contributed by atoms with Crippen LogP contribution in [0.25, 0.3) is 0 Å². The summed E-state index contributed by atoms with van der Waals surface area (Å²) < 4.78 is 5.09. The Kier molecular flexibility index (Phi) is 4.26. The number of nitrogens with zero attached hydrogens (tertiary/aromatic N) is 3. The van der Waals surface area contributed by atoms with Crippen molar-refractivity contribution in [3.8, 4) is 0 Å². The highest BCUT2D eigenvalue weighted by atomic mass is 32.1. The first-order valence-electron chi connectivity index (χ1n) is 6.20. The fourth-order valence-electron chi connectivity index (χ4n) is 2.23. The van der Waals surface area contributed by atoms with Gasteiger partial charge >= 0.3 is 5.97 Å². The van der Waals surface area contributed by atoms with E-state index in [1.807, 2.05) is 4.90 Å². The molecular weight excluding hydrogens is 264 g/mol. The molecule has 1 fully saturated rings. The summed E-state index contributed by atoms with van der Waals surface area (Å²) in [6.07, 6.45) is 3.18. The lowest BCUT2D eigenvalue weighted by Gasteiger charge is -2.25. The summed E-state index contributed by atoms with van der Waals surface area (Å²) in [4.78, 5) is 14.1. The summed E-state index contributed by atoms with van der Waals surface area (Å²) in [6.45, 7) is 2.88. The quantitative estimate of drug-likeness (QED) is 0.640. The number of hydrogen-bond acceptors (Lipinski definition) is 6. The van der Waals surface area contributed by atoms with Crippen LogP contribution in [0.3, 0.4) is 0 Å². The lowest BCUT2D eigenvalue weighted by molar-refractivity contribution is -0.144. The predicted molar refractivity (Wildman–Crippen MR) is 74.9 cm³/mol. The van der Waals surface area contributed by atoms with Crippen molar-refractivity contribution in [2.75, 3.05) is 18.1 Å². The molecule has 102 valence electrons. The van der Waals surface area contributed by atoms with Crippen molar-refractivity contribution in [3.05, 3.63) is 17.8 Å². The number of carbonyl (C=O) groups is 1. The van der Waals surface area contributed by atoms with Crippen molar-refractivity contribution in [1.82, 2.24) is 10.2 Å². The maximum Gasteiger partial charge on any atom is 0.328 e. The molecule has 7 heteroatoms. The van der Waals surface area contributed by atoms with Gasteiger partial charge in [0.05, 0.1) is 18.4 Å². The molecule has 0 aliphatic carbocycles. The van der Waals surface area contributed by atoms with Crippen molar-refractivity contribution >= 4 is 29.0 Å². The van der Waals surface area contributed by atoms with Crippen molar-refractivity contribution in [2.45, 2.75) is 25.8 Å². The van der Waals surface area contributed by atoms with E-state index in [0.29, 0.717) is 18.0 Å². The van der Waals surface area contributed by atoms with E-state index in [2.05, 4.69) is 10.2 Å². The van der Waals surface area contributed by atoms with Gasteiger partial charge in [-0.25, -0.2) is 4.79 Å². The molecule has 1 unspecified atom stereocenters. The summed E-state index contributed by atoms with van der Waals surface area (Å²) in [5.41, 5.74) is 6.32. The lowest BCUT2D eigenvalue weighted by atomic mass is 10.2. The summed E-state index contributed by atoms with van der Waals surface area (Å²) >= 11 is 5.01. The molecule has 0 radical (unpaired) electrons. The van der Waals surface area contributed by atoms with E-state index < -0.39 is 0 Å². The number of esters is 1. The fourth-order valence-corrected chi connectivity index (χ4v) is 2.39. The van der Waals surface area contributed by atoms with Gasteiger partial charge in [-0.3, -0.25) is 0 Å². The molecule has 2 N–H and O–H groups in total. The summed E-state index contributed by atoms with van der Waals surface area (Å²) in [7, 11) is 0. The van der Waals surface area contributed by atoms with E-state index in [9.17, 15) is 4.79 Å². The van der Waals surface area contributed by atoms with Gasteiger partial charge in [-0.15, -0.1) is 5.10 Å². The van der Waals surface area contributed by atoms with Gasteiger partial charge in [-0.1, -0.05) is 12.2 Å². The Balaban J connectivity index is 2.30. The summed E-state index contributed by atoms with van der Waals surface area (Å²) in [5.74, 6) is 0.324. The second-order valence-electron chi connectivity index (χ2n) is 4.24. The smallest absolute Gasteiger partial charge is 0.328 e. The van der Waals surface area contributed by atoms with E-state index in [1.54, 1.807) is 13.0 Å². The van der Waals surface area contributed by atoms with Crippen LogP contribution in [0.4, 0.5) is 5.82 Å². The van der Waals surface area contributed by atoms with Gasteiger partial charge in [0.2, 0.25) is 0 Å². The molecule has 6 nitrogen and oxygen atoms in total. The second-order valence-corrected chi connectivity index (χ2v) is 4.68. The van der Waals surface area contributed by atoms with Crippen LogP contribution in [0.5, 0.6) is 0 Å². The van der Waals surface area contributed by atoms with Crippen molar-refractivity contribution in [3.63, 3.8) is 0 Å². The molecule has 2 heterocycles. The number of aromatic nitrogens is 2. The number of anilines is 1. The third kappa shape index (κ3) is 2.81. The number of thiocarbonyl (C=S) groups is 1. The SMILES string of the molecule is CCOC(=O)C1CCCN1c1nnccc1C(N)=S. The zero-order chi connectivity index (χ0) is 13.8. The van der Waals surface area contributed by atoms with E-state index in [0.717, 1.165) is 19.4 Å². The van der Waals surface area contributed by atoms with Gasteiger partial charge in [0, 0.05) is 6.54 Å². The van der Waals surface area contributed by atoms with E-state index in [1.165, 1.54) is 6.20 Å². The maximum absolute atomic E-state index is 11.9.